The standard InChI is InChI=1S/C25H13NO2/c26-14-15-12-13-19-17-7-2-4-11-22(17)28-25(19)23(15)20-9-5-8-18-16-6-1-3-10-21(16)27-24(18)20/h1-13H. The molecule has 6 rings (SSSR count). The van der Waals surface area contributed by atoms with Crippen molar-refractivity contribution in [3.05, 3.63) is 84.4 Å². The van der Waals surface area contributed by atoms with E-state index >= 15 is 0 Å². The van der Waals surface area contributed by atoms with Gasteiger partial charge in [-0.15, -0.1) is 0 Å². The van der Waals surface area contributed by atoms with Crippen LogP contribution in [0.25, 0.3) is 55.0 Å². The van der Waals surface area contributed by atoms with Crippen LogP contribution in [0.1, 0.15) is 5.56 Å². The Bertz CT molecular complexity index is 1580. The number of nitriles is 1. The van der Waals surface area contributed by atoms with Gasteiger partial charge in [0, 0.05) is 32.7 Å². The monoisotopic (exact) mass is 359 g/mol. The minimum absolute atomic E-state index is 0.569. The number of nitrogens with zero attached hydrogens (tertiary/aromatic N) is 1. The number of furan rings is 2. The molecule has 0 fully saturated rings. The molecule has 0 unspecified atom stereocenters. The quantitative estimate of drug-likeness (QED) is 0.317. The van der Waals surface area contributed by atoms with E-state index in [2.05, 4.69) is 18.2 Å². The molecule has 0 aliphatic heterocycles. The first-order valence-corrected chi connectivity index (χ1v) is 9.10. The van der Waals surface area contributed by atoms with Crippen molar-refractivity contribution in [2.24, 2.45) is 0 Å². The summed E-state index contributed by atoms with van der Waals surface area (Å²) >= 11 is 0. The predicted molar refractivity (Wildman–Crippen MR) is 111 cm³/mol. The summed E-state index contributed by atoms with van der Waals surface area (Å²) in [6.45, 7) is 0. The highest BCUT2D eigenvalue weighted by atomic mass is 16.3. The first-order chi connectivity index (χ1) is 13.8. The van der Waals surface area contributed by atoms with Crippen molar-refractivity contribution in [1.82, 2.24) is 0 Å². The second-order valence-corrected chi connectivity index (χ2v) is 6.86. The SMILES string of the molecule is N#Cc1ccc2c(oc3ccccc32)c1-c1cccc2c1oc1ccccc12. The Balaban J connectivity index is 1.81. The van der Waals surface area contributed by atoms with E-state index in [4.69, 9.17) is 8.83 Å². The molecule has 0 radical (unpaired) electrons. The summed E-state index contributed by atoms with van der Waals surface area (Å²) in [5, 5.41) is 13.9. The Morgan fingerprint density at radius 2 is 1.18 bits per heavy atom. The zero-order valence-corrected chi connectivity index (χ0v) is 14.8. The van der Waals surface area contributed by atoms with E-state index in [9.17, 15) is 5.26 Å². The third-order valence-corrected chi connectivity index (χ3v) is 5.34. The lowest BCUT2D eigenvalue weighted by Gasteiger charge is -2.06. The number of fused-ring (bicyclic) bond motifs is 6. The fourth-order valence-corrected chi connectivity index (χ4v) is 4.09. The van der Waals surface area contributed by atoms with Crippen LogP contribution in [0.15, 0.2) is 87.7 Å². The molecule has 4 aromatic carbocycles. The molecule has 6 aromatic rings. The van der Waals surface area contributed by atoms with Gasteiger partial charge in [-0.1, -0.05) is 54.6 Å². The molecule has 3 heteroatoms. The molecule has 0 spiro atoms. The highest BCUT2D eigenvalue weighted by molar-refractivity contribution is 6.15. The summed E-state index contributed by atoms with van der Waals surface area (Å²) < 4.78 is 12.4. The third kappa shape index (κ3) is 1.92. The fraction of sp³-hybridized carbons (Fsp3) is 0. The van der Waals surface area contributed by atoms with Crippen molar-refractivity contribution in [3.8, 4) is 17.2 Å². The Morgan fingerprint density at radius 1 is 0.571 bits per heavy atom. The second-order valence-electron chi connectivity index (χ2n) is 6.86. The van der Waals surface area contributed by atoms with E-state index in [1.807, 2.05) is 66.7 Å². The highest BCUT2D eigenvalue weighted by Crippen LogP contribution is 2.42. The van der Waals surface area contributed by atoms with E-state index in [-0.39, 0.29) is 0 Å². The smallest absolute Gasteiger partial charge is 0.144 e. The van der Waals surface area contributed by atoms with Gasteiger partial charge in [-0.05, 0) is 24.3 Å². The molecule has 3 nitrogen and oxygen atoms in total. The van der Waals surface area contributed by atoms with Crippen molar-refractivity contribution in [2.45, 2.75) is 0 Å². The maximum Gasteiger partial charge on any atom is 0.144 e. The van der Waals surface area contributed by atoms with E-state index < -0.39 is 0 Å². The third-order valence-electron chi connectivity index (χ3n) is 5.34. The molecule has 28 heavy (non-hydrogen) atoms. The van der Waals surface area contributed by atoms with Crippen molar-refractivity contribution >= 4 is 43.9 Å². The molecule has 2 aromatic heterocycles. The number of hydrogen-bond donors (Lipinski definition) is 0. The van der Waals surface area contributed by atoms with Crippen molar-refractivity contribution < 1.29 is 8.83 Å². The molecular weight excluding hydrogens is 346 g/mol. The topological polar surface area (TPSA) is 50.1 Å². The van der Waals surface area contributed by atoms with Gasteiger partial charge in [0.2, 0.25) is 0 Å². The van der Waals surface area contributed by atoms with Crippen LogP contribution in [0.5, 0.6) is 0 Å². The lowest BCUT2D eigenvalue weighted by Crippen LogP contribution is -1.86. The molecule has 0 aliphatic rings. The van der Waals surface area contributed by atoms with Crippen LogP contribution >= 0.6 is 0 Å². The average Bonchev–Trinajstić information content (AvgIpc) is 3.31. The van der Waals surface area contributed by atoms with Crippen molar-refractivity contribution in [2.75, 3.05) is 0 Å². The molecule has 0 amide bonds. The van der Waals surface area contributed by atoms with Gasteiger partial charge in [-0.2, -0.15) is 5.26 Å². The summed E-state index contributed by atoms with van der Waals surface area (Å²) in [5.41, 5.74) is 5.35. The van der Waals surface area contributed by atoms with Crippen LogP contribution in [0.2, 0.25) is 0 Å². The zero-order valence-electron chi connectivity index (χ0n) is 14.8. The molecule has 2 heterocycles. The van der Waals surface area contributed by atoms with Gasteiger partial charge in [-0.25, -0.2) is 0 Å². The summed E-state index contributed by atoms with van der Waals surface area (Å²) in [5.74, 6) is 0. The van der Waals surface area contributed by atoms with Gasteiger partial charge in [0.25, 0.3) is 0 Å². The molecule has 0 saturated heterocycles. The average molecular weight is 359 g/mol. The summed E-state index contributed by atoms with van der Waals surface area (Å²) in [4.78, 5) is 0. The molecule has 130 valence electrons. The van der Waals surface area contributed by atoms with Gasteiger partial charge in [0.05, 0.1) is 11.6 Å². The summed E-state index contributed by atoms with van der Waals surface area (Å²) in [7, 11) is 0. The molecule has 0 aliphatic carbocycles. The number of benzene rings is 4. The van der Waals surface area contributed by atoms with Crippen LogP contribution in [0, 0.1) is 11.3 Å². The number of hydrogen-bond acceptors (Lipinski definition) is 3. The number of para-hydroxylation sites is 3. The van der Waals surface area contributed by atoms with Crippen LogP contribution in [0.3, 0.4) is 0 Å². The van der Waals surface area contributed by atoms with Crippen molar-refractivity contribution in [1.29, 1.82) is 5.26 Å². The van der Waals surface area contributed by atoms with E-state index in [1.165, 1.54) is 0 Å². The minimum atomic E-state index is 0.569. The first-order valence-electron chi connectivity index (χ1n) is 9.10. The van der Waals surface area contributed by atoms with Gasteiger partial charge in [0.15, 0.2) is 0 Å². The van der Waals surface area contributed by atoms with Gasteiger partial charge >= 0.3 is 0 Å². The van der Waals surface area contributed by atoms with E-state index in [1.54, 1.807) is 0 Å². The highest BCUT2D eigenvalue weighted by Gasteiger charge is 2.20. The van der Waals surface area contributed by atoms with Crippen LogP contribution in [-0.4, -0.2) is 0 Å². The van der Waals surface area contributed by atoms with Gasteiger partial charge in [-0.3, -0.25) is 0 Å². The predicted octanol–water partition coefficient (Wildman–Crippen LogP) is 7.02. The molecule has 0 saturated carbocycles. The fourth-order valence-electron chi connectivity index (χ4n) is 4.09. The Kier molecular flexibility index (Phi) is 2.95. The maximum atomic E-state index is 9.80. The van der Waals surface area contributed by atoms with Gasteiger partial charge in [0.1, 0.15) is 22.3 Å². The molecule has 0 bridgehead atoms. The normalized spacial score (nSPS) is 11.5. The summed E-state index contributed by atoms with van der Waals surface area (Å²) in [6, 6.07) is 28.1. The Labute approximate surface area is 160 Å². The molecule has 0 N–H and O–H groups in total. The maximum absolute atomic E-state index is 9.80. The van der Waals surface area contributed by atoms with E-state index in [0.717, 1.165) is 49.4 Å². The summed E-state index contributed by atoms with van der Waals surface area (Å²) in [6.07, 6.45) is 0. The Morgan fingerprint density at radius 3 is 1.89 bits per heavy atom. The first kappa shape index (κ1) is 15.1. The zero-order chi connectivity index (χ0) is 18.7. The van der Waals surface area contributed by atoms with Gasteiger partial charge < -0.3 is 8.83 Å². The lowest BCUT2D eigenvalue weighted by molar-refractivity contribution is 0.665. The second kappa shape index (κ2) is 5.48. The lowest BCUT2D eigenvalue weighted by atomic mass is 9.95. The largest absolute Gasteiger partial charge is 0.455 e. The van der Waals surface area contributed by atoms with E-state index in [0.29, 0.717) is 11.1 Å². The molecule has 0 atom stereocenters. The minimum Gasteiger partial charge on any atom is -0.455 e. The van der Waals surface area contributed by atoms with Crippen LogP contribution < -0.4 is 0 Å². The molecular formula is C25H13NO2. The van der Waals surface area contributed by atoms with Crippen LogP contribution in [-0.2, 0) is 0 Å². The van der Waals surface area contributed by atoms with Crippen LogP contribution in [0.4, 0.5) is 0 Å². The number of rotatable bonds is 1. The van der Waals surface area contributed by atoms with Crippen molar-refractivity contribution in [3.63, 3.8) is 0 Å². The Hall–Kier alpha value is -4.03.